The number of thioether (sulfide) groups is 1. The molecule has 1 aliphatic heterocycles. The fourth-order valence-corrected chi connectivity index (χ4v) is 3.67. The fourth-order valence-electron chi connectivity index (χ4n) is 2.17. The van der Waals surface area contributed by atoms with E-state index in [0.717, 1.165) is 21.9 Å². The highest BCUT2D eigenvalue weighted by Gasteiger charge is 2.21. The number of halogens is 1. The van der Waals surface area contributed by atoms with E-state index in [2.05, 4.69) is 69.6 Å². The molecule has 0 radical (unpaired) electrons. The highest BCUT2D eigenvalue weighted by Crippen LogP contribution is 2.35. The summed E-state index contributed by atoms with van der Waals surface area (Å²) < 4.78 is 1.10. The number of hydrogen-bond donors (Lipinski definition) is 1. The van der Waals surface area contributed by atoms with Gasteiger partial charge in [0.15, 0.2) is 5.17 Å². The number of aliphatic imine (C=N–C) groups is 1. The predicted molar refractivity (Wildman–Crippen MR) is 91.6 cm³/mol. The zero-order chi connectivity index (χ0) is 13.9. The maximum Gasteiger partial charge on any atom is 0.161 e. The molecule has 2 aromatic rings. The van der Waals surface area contributed by atoms with Crippen molar-refractivity contribution in [3.63, 3.8) is 0 Å². The number of nitrogens with one attached hydrogen (secondary N) is 1. The molecule has 1 heterocycles. The summed E-state index contributed by atoms with van der Waals surface area (Å²) in [6.45, 7) is 2.94. The first kappa shape index (κ1) is 13.7. The van der Waals surface area contributed by atoms with Gasteiger partial charge in [0.2, 0.25) is 0 Å². The van der Waals surface area contributed by atoms with Crippen LogP contribution in [0.1, 0.15) is 16.4 Å². The molecule has 1 N–H and O–H groups in total. The molecule has 0 spiro atoms. The third kappa shape index (κ3) is 3.07. The van der Waals surface area contributed by atoms with E-state index in [1.807, 2.05) is 12.1 Å². The molecular formula is C16H15BrN2S. The number of aryl methyl sites for hydroxylation is 1. The number of anilines is 1. The van der Waals surface area contributed by atoms with Gasteiger partial charge < -0.3 is 5.32 Å². The topological polar surface area (TPSA) is 24.4 Å². The van der Waals surface area contributed by atoms with Crippen LogP contribution in [0.15, 0.2) is 58.0 Å². The molecule has 4 heteroatoms. The Morgan fingerprint density at radius 2 is 2.00 bits per heavy atom. The standard InChI is InChI=1S/C16H15BrN2S/c1-11-9-13(17)7-8-14(11)19-16-18-10-15(20-16)12-5-3-2-4-6-12/h2-9,15H,10H2,1H3,(H,18,19). The van der Waals surface area contributed by atoms with Gasteiger partial charge in [0.25, 0.3) is 0 Å². The Balaban J connectivity index is 1.69. The highest BCUT2D eigenvalue weighted by atomic mass is 79.9. The van der Waals surface area contributed by atoms with Gasteiger partial charge in [-0.05, 0) is 36.2 Å². The van der Waals surface area contributed by atoms with Crippen molar-refractivity contribution in [2.75, 3.05) is 11.9 Å². The molecule has 2 nitrogen and oxygen atoms in total. The Kier molecular flexibility index (Phi) is 4.13. The van der Waals surface area contributed by atoms with Crippen LogP contribution in [0.5, 0.6) is 0 Å². The molecule has 1 atom stereocenters. The van der Waals surface area contributed by atoms with E-state index in [0.29, 0.717) is 5.25 Å². The smallest absolute Gasteiger partial charge is 0.161 e. The summed E-state index contributed by atoms with van der Waals surface area (Å²) >= 11 is 5.28. The van der Waals surface area contributed by atoms with Gasteiger partial charge in [0, 0.05) is 10.2 Å². The van der Waals surface area contributed by atoms with Crippen LogP contribution in [-0.4, -0.2) is 11.7 Å². The number of nitrogens with zero attached hydrogens (tertiary/aromatic N) is 1. The summed E-state index contributed by atoms with van der Waals surface area (Å²) in [5.41, 5.74) is 3.67. The van der Waals surface area contributed by atoms with Crippen molar-refractivity contribution in [3.05, 3.63) is 64.1 Å². The molecule has 2 aromatic carbocycles. The molecule has 0 amide bonds. The molecule has 1 unspecified atom stereocenters. The fraction of sp³-hybridized carbons (Fsp3) is 0.188. The van der Waals surface area contributed by atoms with Crippen molar-refractivity contribution in [1.29, 1.82) is 0 Å². The predicted octanol–water partition coefficient (Wildman–Crippen LogP) is 5.01. The lowest BCUT2D eigenvalue weighted by atomic mass is 10.1. The first-order chi connectivity index (χ1) is 9.72. The third-order valence-electron chi connectivity index (χ3n) is 3.26. The molecule has 0 aromatic heterocycles. The summed E-state index contributed by atoms with van der Waals surface area (Å²) in [4.78, 5) is 4.61. The van der Waals surface area contributed by atoms with Crippen molar-refractivity contribution in [3.8, 4) is 0 Å². The minimum Gasteiger partial charge on any atom is -0.335 e. The summed E-state index contributed by atoms with van der Waals surface area (Å²) in [5, 5.41) is 4.86. The van der Waals surface area contributed by atoms with Crippen molar-refractivity contribution in [2.24, 2.45) is 4.99 Å². The Hall–Kier alpha value is -1.26. The molecular weight excluding hydrogens is 332 g/mol. The molecule has 0 saturated heterocycles. The number of rotatable bonds is 2. The normalized spacial score (nSPS) is 17.9. The van der Waals surface area contributed by atoms with Crippen LogP contribution in [-0.2, 0) is 0 Å². The van der Waals surface area contributed by atoms with Crippen LogP contribution >= 0.6 is 27.7 Å². The van der Waals surface area contributed by atoms with Crippen LogP contribution in [0.4, 0.5) is 5.69 Å². The van der Waals surface area contributed by atoms with Crippen LogP contribution in [0.2, 0.25) is 0 Å². The van der Waals surface area contributed by atoms with Gasteiger partial charge >= 0.3 is 0 Å². The number of benzene rings is 2. The van der Waals surface area contributed by atoms with E-state index in [1.165, 1.54) is 11.1 Å². The van der Waals surface area contributed by atoms with Crippen LogP contribution in [0.3, 0.4) is 0 Å². The lowest BCUT2D eigenvalue weighted by Crippen LogP contribution is -2.06. The average molecular weight is 347 g/mol. The molecule has 3 rings (SSSR count). The van der Waals surface area contributed by atoms with Crippen LogP contribution in [0, 0.1) is 6.92 Å². The van der Waals surface area contributed by atoms with E-state index in [-0.39, 0.29) is 0 Å². The molecule has 0 saturated carbocycles. The lowest BCUT2D eigenvalue weighted by molar-refractivity contribution is 0.966. The Bertz CT molecular complexity index is 640. The number of amidine groups is 1. The Morgan fingerprint density at radius 1 is 1.20 bits per heavy atom. The van der Waals surface area contributed by atoms with E-state index in [4.69, 9.17) is 0 Å². The number of hydrogen-bond acceptors (Lipinski definition) is 3. The second kappa shape index (κ2) is 6.02. The minimum absolute atomic E-state index is 0.425. The van der Waals surface area contributed by atoms with Crippen molar-refractivity contribution < 1.29 is 0 Å². The van der Waals surface area contributed by atoms with Crippen LogP contribution < -0.4 is 5.32 Å². The first-order valence-electron chi connectivity index (χ1n) is 6.51. The molecule has 102 valence electrons. The van der Waals surface area contributed by atoms with Crippen molar-refractivity contribution in [1.82, 2.24) is 0 Å². The summed E-state index contributed by atoms with van der Waals surface area (Å²) in [7, 11) is 0. The van der Waals surface area contributed by atoms with Gasteiger partial charge in [-0.25, -0.2) is 0 Å². The van der Waals surface area contributed by atoms with E-state index in [9.17, 15) is 0 Å². The Morgan fingerprint density at radius 3 is 2.75 bits per heavy atom. The second-order valence-corrected chi connectivity index (χ2v) is 6.85. The molecule has 0 aliphatic carbocycles. The van der Waals surface area contributed by atoms with Crippen LogP contribution in [0.25, 0.3) is 0 Å². The van der Waals surface area contributed by atoms with E-state index in [1.54, 1.807) is 11.8 Å². The second-order valence-electron chi connectivity index (χ2n) is 4.75. The Labute approximate surface area is 131 Å². The van der Waals surface area contributed by atoms with Gasteiger partial charge in [0.1, 0.15) is 0 Å². The monoisotopic (exact) mass is 346 g/mol. The largest absolute Gasteiger partial charge is 0.335 e. The molecule has 20 heavy (non-hydrogen) atoms. The van der Waals surface area contributed by atoms with E-state index >= 15 is 0 Å². The SMILES string of the molecule is Cc1cc(Br)ccc1NC1=NCC(c2ccccc2)S1. The van der Waals surface area contributed by atoms with Gasteiger partial charge in [-0.2, -0.15) is 0 Å². The van der Waals surface area contributed by atoms with Gasteiger partial charge in [-0.1, -0.05) is 58.0 Å². The minimum atomic E-state index is 0.425. The van der Waals surface area contributed by atoms with Crippen molar-refractivity contribution in [2.45, 2.75) is 12.2 Å². The quantitative estimate of drug-likeness (QED) is 0.825. The maximum atomic E-state index is 4.61. The van der Waals surface area contributed by atoms with E-state index < -0.39 is 0 Å². The zero-order valence-corrected chi connectivity index (χ0v) is 13.5. The molecule has 0 bridgehead atoms. The third-order valence-corrected chi connectivity index (χ3v) is 4.91. The molecule has 1 aliphatic rings. The summed E-state index contributed by atoms with van der Waals surface area (Å²) in [6, 6.07) is 16.8. The van der Waals surface area contributed by atoms with Crippen molar-refractivity contribution >= 4 is 38.5 Å². The van der Waals surface area contributed by atoms with Gasteiger partial charge in [0.05, 0.1) is 11.8 Å². The summed E-state index contributed by atoms with van der Waals surface area (Å²) in [5.74, 6) is 0. The summed E-state index contributed by atoms with van der Waals surface area (Å²) in [6.07, 6.45) is 0. The highest BCUT2D eigenvalue weighted by molar-refractivity contribution is 9.10. The van der Waals surface area contributed by atoms with Gasteiger partial charge in [-0.15, -0.1) is 0 Å². The molecule has 0 fully saturated rings. The van der Waals surface area contributed by atoms with Gasteiger partial charge in [-0.3, -0.25) is 4.99 Å². The lowest BCUT2D eigenvalue weighted by Gasteiger charge is -2.11. The average Bonchev–Trinajstić information content (AvgIpc) is 2.92. The maximum absolute atomic E-state index is 4.61. The zero-order valence-electron chi connectivity index (χ0n) is 11.1. The first-order valence-corrected chi connectivity index (χ1v) is 8.19.